The maximum atomic E-state index is 13.7. The summed E-state index contributed by atoms with van der Waals surface area (Å²) in [7, 11) is -3.95. The molecule has 226 valence electrons. The van der Waals surface area contributed by atoms with Crippen molar-refractivity contribution in [2.24, 2.45) is 0 Å². The number of imidazole rings is 1. The van der Waals surface area contributed by atoms with E-state index in [0.717, 1.165) is 56.5 Å². The highest BCUT2D eigenvalue weighted by atomic mass is 32.2. The van der Waals surface area contributed by atoms with Crippen molar-refractivity contribution in [1.29, 1.82) is 0 Å². The number of carbonyl (C=O) groups is 1. The SMILES string of the molecule is CC1(C)CN(c2cc(S(=O)(=O)NC3(C)CC3)cn3c(-c4nnc(C(F)F)s4)c(C4CC4)nc23)C[C@H](C(=O)N2CCC2)N1. The van der Waals surface area contributed by atoms with Gasteiger partial charge in [0.25, 0.3) is 6.43 Å². The summed E-state index contributed by atoms with van der Waals surface area (Å²) in [6, 6.07) is 1.15. The lowest BCUT2D eigenvalue weighted by Crippen LogP contribution is -2.67. The molecule has 0 unspecified atom stereocenters. The van der Waals surface area contributed by atoms with E-state index in [1.54, 1.807) is 10.5 Å². The van der Waals surface area contributed by atoms with Gasteiger partial charge < -0.3 is 9.80 Å². The number of piperazine rings is 1. The zero-order valence-electron chi connectivity index (χ0n) is 23.7. The van der Waals surface area contributed by atoms with Crippen molar-refractivity contribution in [2.45, 2.75) is 87.2 Å². The number of nitrogens with one attached hydrogen (secondary N) is 2. The fourth-order valence-corrected chi connectivity index (χ4v) is 8.08. The summed E-state index contributed by atoms with van der Waals surface area (Å²) in [4.78, 5) is 22.3. The number of likely N-dealkylation sites (tertiary alicyclic amines) is 1. The summed E-state index contributed by atoms with van der Waals surface area (Å²) in [6.07, 6.45) is 3.01. The van der Waals surface area contributed by atoms with Crippen molar-refractivity contribution < 1.29 is 22.0 Å². The molecule has 2 aliphatic heterocycles. The van der Waals surface area contributed by atoms with Crippen molar-refractivity contribution in [3.63, 3.8) is 0 Å². The average Bonchev–Trinajstić information content (AvgIpc) is 3.75. The van der Waals surface area contributed by atoms with Gasteiger partial charge in [-0.05, 0) is 58.9 Å². The lowest BCUT2D eigenvalue weighted by molar-refractivity contribution is -0.137. The molecular weight excluding hydrogens is 586 g/mol. The number of aromatic nitrogens is 4. The number of amides is 1. The summed E-state index contributed by atoms with van der Waals surface area (Å²) in [5, 5.41) is 11.1. The maximum absolute atomic E-state index is 13.7. The molecule has 0 bridgehead atoms. The predicted molar refractivity (Wildman–Crippen MR) is 153 cm³/mol. The molecule has 4 aliphatic rings. The van der Waals surface area contributed by atoms with Crippen LogP contribution in [0.25, 0.3) is 16.3 Å². The molecule has 11 nitrogen and oxygen atoms in total. The number of rotatable bonds is 8. The van der Waals surface area contributed by atoms with Crippen LogP contribution in [-0.2, 0) is 14.8 Å². The third-order valence-corrected chi connectivity index (χ3v) is 11.1. The van der Waals surface area contributed by atoms with Crippen molar-refractivity contribution in [1.82, 2.24) is 34.5 Å². The molecule has 0 radical (unpaired) electrons. The fourth-order valence-electron chi connectivity index (χ4n) is 5.85. The summed E-state index contributed by atoms with van der Waals surface area (Å²) in [6.45, 7) is 8.20. The minimum atomic E-state index is -3.95. The predicted octanol–water partition coefficient (Wildman–Crippen LogP) is 3.29. The minimum absolute atomic E-state index is 0.0261. The number of alkyl halides is 2. The highest BCUT2D eigenvalue weighted by Crippen LogP contribution is 2.47. The fraction of sp³-hybridized carbons (Fsp3) is 0.630. The Morgan fingerprint density at radius 3 is 2.52 bits per heavy atom. The molecule has 2 aliphatic carbocycles. The Hall–Kier alpha value is -2.75. The van der Waals surface area contributed by atoms with E-state index in [-0.39, 0.29) is 21.7 Å². The monoisotopic (exact) mass is 620 g/mol. The summed E-state index contributed by atoms with van der Waals surface area (Å²) >= 11 is 0.792. The molecule has 3 aromatic heterocycles. The van der Waals surface area contributed by atoms with E-state index in [2.05, 4.69) is 20.2 Å². The molecule has 0 spiro atoms. The molecule has 2 saturated carbocycles. The molecule has 2 N–H and O–H groups in total. The number of nitrogens with zero attached hydrogens (tertiary/aromatic N) is 6. The second-order valence-corrected chi connectivity index (χ2v) is 15.6. The van der Waals surface area contributed by atoms with Crippen LogP contribution in [0.3, 0.4) is 0 Å². The largest absolute Gasteiger partial charge is 0.365 e. The zero-order chi connectivity index (χ0) is 29.6. The number of hydrogen-bond donors (Lipinski definition) is 2. The van der Waals surface area contributed by atoms with E-state index in [0.29, 0.717) is 35.8 Å². The van der Waals surface area contributed by atoms with E-state index in [1.807, 2.05) is 30.6 Å². The number of hydrogen-bond acceptors (Lipinski definition) is 9. The molecule has 3 aromatic rings. The van der Waals surface area contributed by atoms with Crippen LogP contribution in [0.4, 0.5) is 14.5 Å². The number of carbonyl (C=O) groups excluding carboxylic acids is 1. The van der Waals surface area contributed by atoms with Gasteiger partial charge in [-0.2, -0.15) is 0 Å². The number of halogens is 2. The van der Waals surface area contributed by atoms with Crippen molar-refractivity contribution in [2.75, 3.05) is 31.1 Å². The van der Waals surface area contributed by atoms with Crippen LogP contribution in [0, 0.1) is 0 Å². The molecule has 15 heteroatoms. The molecule has 1 atom stereocenters. The Bertz CT molecular complexity index is 1680. The Labute approximate surface area is 246 Å². The lowest BCUT2D eigenvalue weighted by Gasteiger charge is -2.46. The van der Waals surface area contributed by atoms with E-state index in [1.165, 1.54) is 6.20 Å². The van der Waals surface area contributed by atoms with Gasteiger partial charge in [0.1, 0.15) is 16.6 Å². The molecular formula is C27H34F2N8O3S2. The first-order chi connectivity index (χ1) is 19.8. The van der Waals surface area contributed by atoms with Crippen LogP contribution < -0.4 is 14.9 Å². The third kappa shape index (κ3) is 5.07. The van der Waals surface area contributed by atoms with Gasteiger partial charge in [-0.3, -0.25) is 14.5 Å². The van der Waals surface area contributed by atoms with Gasteiger partial charge in [-0.1, -0.05) is 11.3 Å². The third-order valence-electron chi connectivity index (χ3n) is 8.55. The van der Waals surface area contributed by atoms with Gasteiger partial charge in [-0.25, -0.2) is 26.9 Å². The summed E-state index contributed by atoms with van der Waals surface area (Å²) in [5.74, 6) is 0.147. The number of sulfonamides is 1. The molecule has 2 saturated heterocycles. The molecule has 5 heterocycles. The molecule has 42 heavy (non-hydrogen) atoms. The van der Waals surface area contributed by atoms with Crippen LogP contribution >= 0.6 is 11.3 Å². The van der Waals surface area contributed by atoms with Crippen molar-refractivity contribution in [3.8, 4) is 10.7 Å². The first-order valence-electron chi connectivity index (χ1n) is 14.4. The Morgan fingerprint density at radius 2 is 1.93 bits per heavy atom. The second kappa shape index (κ2) is 9.63. The first kappa shape index (κ1) is 28.0. The minimum Gasteiger partial charge on any atom is -0.365 e. The molecule has 0 aromatic carbocycles. The first-order valence-corrected chi connectivity index (χ1v) is 16.7. The number of pyridine rings is 1. The van der Waals surface area contributed by atoms with E-state index in [9.17, 15) is 22.0 Å². The van der Waals surface area contributed by atoms with Crippen LogP contribution in [-0.4, -0.2) is 82.1 Å². The highest BCUT2D eigenvalue weighted by molar-refractivity contribution is 7.89. The molecule has 7 rings (SSSR count). The molecule has 1 amide bonds. The average molecular weight is 621 g/mol. The van der Waals surface area contributed by atoms with Gasteiger partial charge in [0.05, 0.1) is 11.4 Å². The maximum Gasteiger partial charge on any atom is 0.291 e. The van der Waals surface area contributed by atoms with Crippen molar-refractivity contribution >= 4 is 38.6 Å². The standard InChI is InChI=1S/C27H34F2N8O3S2/c1-26(2)14-36(13-17(31-26)25(38)35-9-4-10-35)18-11-16(42(39,40)34-27(3)7-8-27)12-37-20(19(15-5-6-15)30-22(18)37)23-32-33-24(41-23)21(28)29/h11-12,15,17,21,31,34H,4-10,13-14H2,1-3H3/t17-/m1/s1. The van der Waals surface area contributed by atoms with Crippen LogP contribution in [0.1, 0.15) is 75.9 Å². The van der Waals surface area contributed by atoms with E-state index >= 15 is 0 Å². The topological polar surface area (TPSA) is 125 Å². The van der Waals surface area contributed by atoms with Gasteiger partial charge in [0, 0.05) is 49.4 Å². The normalized spacial score (nSPS) is 23.4. The van der Waals surface area contributed by atoms with Crippen molar-refractivity contribution in [3.05, 3.63) is 23.0 Å². The Morgan fingerprint density at radius 1 is 1.19 bits per heavy atom. The molecule has 4 fully saturated rings. The Kier molecular flexibility index (Phi) is 6.43. The number of anilines is 1. The lowest BCUT2D eigenvalue weighted by atomic mass is 9.96. The van der Waals surface area contributed by atoms with Gasteiger partial charge >= 0.3 is 0 Å². The smallest absolute Gasteiger partial charge is 0.291 e. The van der Waals surface area contributed by atoms with Gasteiger partial charge in [0.15, 0.2) is 15.7 Å². The van der Waals surface area contributed by atoms with Crippen LogP contribution in [0.2, 0.25) is 0 Å². The van der Waals surface area contributed by atoms with Crippen LogP contribution in [0.5, 0.6) is 0 Å². The quantitative estimate of drug-likeness (QED) is 0.393. The van der Waals surface area contributed by atoms with Gasteiger partial charge in [0.2, 0.25) is 15.9 Å². The summed E-state index contributed by atoms with van der Waals surface area (Å²) in [5.41, 5.74) is 1.31. The number of fused-ring (bicyclic) bond motifs is 1. The van der Waals surface area contributed by atoms with E-state index < -0.39 is 38.6 Å². The Balaban J connectivity index is 1.40. The zero-order valence-corrected chi connectivity index (χ0v) is 25.4. The second-order valence-electron chi connectivity index (χ2n) is 12.9. The summed E-state index contributed by atoms with van der Waals surface area (Å²) < 4.78 is 59.0. The van der Waals surface area contributed by atoms with E-state index in [4.69, 9.17) is 4.98 Å². The van der Waals surface area contributed by atoms with Gasteiger partial charge in [-0.15, -0.1) is 10.2 Å². The highest BCUT2D eigenvalue weighted by Gasteiger charge is 2.43. The van der Waals surface area contributed by atoms with Crippen LogP contribution in [0.15, 0.2) is 17.2 Å².